The quantitative estimate of drug-likeness (QED) is 0.104. The molecule has 30 heavy (non-hydrogen) atoms. The maximum Gasteiger partial charge on any atom is 0.343 e. The van der Waals surface area contributed by atoms with Crippen molar-refractivity contribution in [2.24, 2.45) is 4.99 Å². The van der Waals surface area contributed by atoms with Crippen molar-refractivity contribution in [3.05, 3.63) is 87.5 Å². The molecule has 3 rings (SSSR count). The first-order valence-electron chi connectivity index (χ1n) is 9.99. The molecule has 0 amide bonds. The van der Waals surface area contributed by atoms with E-state index in [-0.39, 0.29) is 0 Å². The van der Waals surface area contributed by atoms with Crippen LogP contribution in [0.15, 0.2) is 77.8 Å². The van der Waals surface area contributed by atoms with Crippen molar-refractivity contribution in [2.45, 2.75) is 26.2 Å². The van der Waals surface area contributed by atoms with Crippen molar-refractivity contribution in [3.63, 3.8) is 0 Å². The summed E-state index contributed by atoms with van der Waals surface area (Å²) < 4.78 is 12.2. The van der Waals surface area contributed by atoms with E-state index in [9.17, 15) is 4.79 Å². The highest BCUT2D eigenvalue weighted by Gasteiger charge is 2.09. The first kappa shape index (κ1) is 22.0. The van der Waals surface area contributed by atoms with E-state index in [0.29, 0.717) is 17.9 Å². The maximum absolute atomic E-state index is 12.4. The Morgan fingerprint density at radius 2 is 1.63 bits per heavy atom. The van der Waals surface area contributed by atoms with Gasteiger partial charge in [-0.3, -0.25) is 4.99 Å². The van der Waals surface area contributed by atoms with Crippen molar-refractivity contribution >= 4 is 40.5 Å². The van der Waals surface area contributed by atoms with E-state index in [4.69, 9.17) is 9.47 Å². The van der Waals surface area contributed by atoms with Gasteiger partial charge in [-0.1, -0.05) is 31.9 Å². The molecule has 154 valence electrons. The van der Waals surface area contributed by atoms with Crippen molar-refractivity contribution in [1.82, 2.24) is 0 Å². The zero-order valence-electron chi connectivity index (χ0n) is 16.9. The molecule has 0 bridgehead atoms. The van der Waals surface area contributed by atoms with Crippen LogP contribution in [0.4, 0.5) is 5.69 Å². The Kier molecular flexibility index (Phi) is 8.44. The number of aliphatic imine (C=N–C) groups is 1. The summed E-state index contributed by atoms with van der Waals surface area (Å²) in [6, 6.07) is 22.2. The van der Waals surface area contributed by atoms with E-state index < -0.39 is 5.97 Å². The molecule has 0 radical (unpaired) electrons. The van der Waals surface area contributed by atoms with Crippen molar-refractivity contribution in [2.75, 3.05) is 6.61 Å². The minimum Gasteiger partial charge on any atom is -0.494 e. The average Bonchev–Trinajstić information content (AvgIpc) is 2.77. The Morgan fingerprint density at radius 3 is 2.33 bits per heavy atom. The zero-order chi connectivity index (χ0) is 21.2. The van der Waals surface area contributed by atoms with Gasteiger partial charge in [0.05, 0.1) is 17.9 Å². The van der Waals surface area contributed by atoms with Crippen LogP contribution in [-0.4, -0.2) is 18.8 Å². The van der Waals surface area contributed by atoms with Crippen LogP contribution in [0.5, 0.6) is 11.5 Å². The Morgan fingerprint density at radius 1 is 0.933 bits per heavy atom. The number of para-hydroxylation sites is 1. The molecule has 0 heterocycles. The summed E-state index contributed by atoms with van der Waals surface area (Å²) in [6.45, 7) is 2.85. The molecule has 0 fully saturated rings. The smallest absolute Gasteiger partial charge is 0.343 e. The van der Waals surface area contributed by atoms with Gasteiger partial charge in [0.25, 0.3) is 0 Å². The van der Waals surface area contributed by atoms with Crippen LogP contribution in [0.3, 0.4) is 0 Å². The Bertz CT molecular complexity index is 982. The first-order valence-corrected chi connectivity index (χ1v) is 11.1. The highest BCUT2D eigenvalue weighted by molar-refractivity contribution is 14.1. The highest BCUT2D eigenvalue weighted by Crippen LogP contribution is 2.21. The maximum atomic E-state index is 12.4. The molecular formula is C25H24INO3. The van der Waals surface area contributed by atoms with Gasteiger partial charge in [0.2, 0.25) is 0 Å². The Hall–Kier alpha value is -2.67. The van der Waals surface area contributed by atoms with Crippen LogP contribution in [0.2, 0.25) is 0 Å². The van der Waals surface area contributed by atoms with E-state index in [1.807, 2.05) is 36.4 Å². The van der Waals surface area contributed by atoms with Crippen LogP contribution in [0.25, 0.3) is 0 Å². The predicted octanol–water partition coefficient (Wildman–Crippen LogP) is 6.83. The van der Waals surface area contributed by atoms with Crippen molar-refractivity contribution in [1.29, 1.82) is 0 Å². The van der Waals surface area contributed by atoms with Crippen LogP contribution in [0, 0.1) is 3.57 Å². The molecule has 0 saturated carbocycles. The highest BCUT2D eigenvalue weighted by atomic mass is 127. The number of nitrogens with zero attached hydrogens (tertiary/aromatic N) is 1. The van der Waals surface area contributed by atoms with E-state index >= 15 is 0 Å². The van der Waals surface area contributed by atoms with E-state index in [1.165, 1.54) is 0 Å². The van der Waals surface area contributed by atoms with Crippen molar-refractivity contribution < 1.29 is 14.3 Å². The number of benzene rings is 3. The minimum atomic E-state index is -0.396. The second kappa shape index (κ2) is 11.5. The predicted molar refractivity (Wildman–Crippen MR) is 129 cm³/mol. The van der Waals surface area contributed by atoms with Gasteiger partial charge in [-0.25, -0.2) is 4.79 Å². The second-order valence-electron chi connectivity index (χ2n) is 6.75. The third kappa shape index (κ3) is 6.69. The molecule has 5 heteroatoms. The topological polar surface area (TPSA) is 47.9 Å². The normalized spacial score (nSPS) is 10.9. The zero-order valence-corrected chi connectivity index (χ0v) is 19.0. The molecule has 3 aromatic rings. The van der Waals surface area contributed by atoms with E-state index in [1.54, 1.807) is 42.6 Å². The lowest BCUT2D eigenvalue weighted by atomic mass is 10.2. The molecule has 0 spiro atoms. The van der Waals surface area contributed by atoms with Gasteiger partial charge in [-0.2, -0.15) is 0 Å². The number of esters is 1. The summed E-state index contributed by atoms with van der Waals surface area (Å²) in [7, 11) is 0. The number of carbonyl (C=O) groups excluding carboxylic acids is 1. The number of hydrogen-bond donors (Lipinski definition) is 0. The van der Waals surface area contributed by atoms with Gasteiger partial charge >= 0.3 is 5.97 Å². The molecule has 0 aliphatic carbocycles. The van der Waals surface area contributed by atoms with Crippen LogP contribution in [-0.2, 0) is 0 Å². The molecule has 0 aliphatic heterocycles. The molecule has 0 N–H and O–H groups in total. The largest absolute Gasteiger partial charge is 0.494 e. The summed E-state index contributed by atoms with van der Waals surface area (Å²) in [5.41, 5.74) is 2.34. The summed E-state index contributed by atoms with van der Waals surface area (Å²) in [5, 5.41) is 0. The van der Waals surface area contributed by atoms with Crippen LogP contribution in [0.1, 0.15) is 42.1 Å². The lowest BCUT2D eigenvalue weighted by molar-refractivity contribution is 0.0734. The lowest BCUT2D eigenvalue weighted by Crippen LogP contribution is -2.08. The molecule has 0 atom stereocenters. The second-order valence-corrected chi connectivity index (χ2v) is 7.91. The fraction of sp³-hybridized carbons (Fsp3) is 0.200. The lowest BCUT2D eigenvalue weighted by Gasteiger charge is -2.07. The molecular weight excluding hydrogens is 489 g/mol. The standard InChI is InChI=1S/C25H24INO3/c1-2-3-6-17-29-21-15-11-20(12-16-21)25(28)30-22-13-9-19(10-14-22)18-27-24-8-5-4-7-23(24)26/h4-5,7-16,18H,2-3,6,17H2,1H3. The average molecular weight is 513 g/mol. The Balaban J connectivity index is 1.54. The molecule has 0 aliphatic rings. The molecule has 4 nitrogen and oxygen atoms in total. The third-order valence-corrected chi connectivity index (χ3v) is 5.31. The van der Waals surface area contributed by atoms with E-state index in [2.05, 4.69) is 34.5 Å². The number of rotatable bonds is 9. The SMILES string of the molecule is CCCCCOc1ccc(C(=O)Oc2ccc(C=Nc3ccccc3I)cc2)cc1. The third-order valence-electron chi connectivity index (χ3n) is 4.40. The monoisotopic (exact) mass is 513 g/mol. The summed E-state index contributed by atoms with van der Waals surface area (Å²) >= 11 is 2.26. The van der Waals surface area contributed by atoms with E-state index in [0.717, 1.165) is 39.8 Å². The van der Waals surface area contributed by atoms with Gasteiger partial charge in [0.1, 0.15) is 11.5 Å². The van der Waals surface area contributed by atoms with Gasteiger partial charge in [0, 0.05) is 9.78 Å². The summed E-state index contributed by atoms with van der Waals surface area (Å²) in [5.74, 6) is 0.860. The first-order chi connectivity index (χ1) is 14.7. The molecule has 0 aromatic heterocycles. The van der Waals surface area contributed by atoms with Gasteiger partial charge in [-0.05, 0) is 95.2 Å². The number of hydrogen-bond acceptors (Lipinski definition) is 4. The van der Waals surface area contributed by atoms with Gasteiger partial charge in [-0.15, -0.1) is 0 Å². The molecule has 3 aromatic carbocycles. The van der Waals surface area contributed by atoms with Crippen molar-refractivity contribution in [3.8, 4) is 11.5 Å². The fourth-order valence-corrected chi connectivity index (χ4v) is 3.24. The Labute approximate surface area is 191 Å². The fourth-order valence-electron chi connectivity index (χ4n) is 2.72. The number of halogens is 1. The molecule has 0 unspecified atom stereocenters. The van der Waals surface area contributed by atoms with Crippen LogP contribution >= 0.6 is 22.6 Å². The number of carbonyl (C=O) groups is 1. The summed E-state index contributed by atoms with van der Waals surface area (Å²) in [6.07, 6.45) is 5.14. The number of unbranched alkanes of at least 4 members (excludes halogenated alkanes) is 2. The summed E-state index contributed by atoms with van der Waals surface area (Å²) in [4.78, 5) is 16.9. The van der Waals surface area contributed by atoms with Gasteiger partial charge < -0.3 is 9.47 Å². The minimum absolute atomic E-state index is 0.396. The number of ether oxygens (including phenoxy) is 2. The molecule has 0 saturated heterocycles. The van der Waals surface area contributed by atoms with Crippen LogP contribution < -0.4 is 9.47 Å². The van der Waals surface area contributed by atoms with Gasteiger partial charge in [0.15, 0.2) is 0 Å².